The summed E-state index contributed by atoms with van der Waals surface area (Å²) in [5, 5.41) is 3.34. The Bertz CT molecular complexity index is 881. The third-order valence-corrected chi connectivity index (χ3v) is 9.60. The van der Waals surface area contributed by atoms with Gasteiger partial charge in [-0.1, -0.05) is 12.1 Å². The van der Waals surface area contributed by atoms with Crippen LogP contribution in [0.1, 0.15) is 57.8 Å². The molecule has 158 valence electrons. The van der Waals surface area contributed by atoms with E-state index in [1.54, 1.807) is 0 Å². The van der Waals surface area contributed by atoms with Crippen LogP contribution in [0.5, 0.6) is 0 Å². The van der Waals surface area contributed by atoms with Gasteiger partial charge in [-0.25, -0.2) is 12.8 Å². The summed E-state index contributed by atoms with van der Waals surface area (Å²) in [6.45, 7) is 0.339. The van der Waals surface area contributed by atoms with E-state index in [1.807, 2.05) is 0 Å². The van der Waals surface area contributed by atoms with Crippen LogP contribution in [0.25, 0.3) is 0 Å². The number of nitrogens with one attached hydrogen (secondary N) is 1. The number of carbonyl (C=O) groups is 1. The Balaban J connectivity index is 1.29. The van der Waals surface area contributed by atoms with Gasteiger partial charge in [0, 0.05) is 24.5 Å². The highest BCUT2D eigenvalue weighted by atomic mass is 32.2. The predicted molar refractivity (Wildman–Crippen MR) is 107 cm³/mol. The zero-order valence-corrected chi connectivity index (χ0v) is 17.5. The first-order valence-electron chi connectivity index (χ1n) is 10.9. The Kier molecular flexibility index (Phi) is 4.74. The van der Waals surface area contributed by atoms with Gasteiger partial charge >= 0.3 is 0 Å². The molecule has 5 aliphatic rings. The highest BCUT2D eigenvalue weighted by Gasteiger charge is 2.51. The number of hydrogen-bond donors (Lipinski definition) is 1. The lowest BCUT2D eigenvalue weighted by Crippen LogP contribution is -2.60. The van der Waals surface area contributed by atoms with Crippen LogP contribution in [0.15, 0.2) is 29.2 Å². The molecule has 0 spiro atoms. The molecule has 0 radical (unpaired) electrons. The van der Waals surface area contributed by atoms with Gasteiger partial charge in [0.05, 0.1) is 0 Å². The molecule has 1 amide bonds. The monoisotopic (exact) mass is 420 g/mol. The van der Waals surface area contributed by atoms with Crippen molar-refractivity contribution in [2.45, 2.75) is 74.3 Å². The van der Waals surface area contributed by atoms with E-state index in [4.69, 9.17) is 0 Å². The highest BCUT2D eigenvalue weighted by molar-refractivity contribution is 7.89. The molecule has 1 heterocycles. The van der Waals surface area contributed by atoms with E-state index >= 15 is 0 Å². The Morgan fingerprint density at radius 1 is 1.10 bits per heavy atom. The first-order valence-corrected chi connectivity index (χ1v) is 12.4. The fourth-order valence-electron chi connectivity index (χ4n) is 6.93. The summed E-state index contributed by atoms with van der Waals surface area (Å²) in [4.78, 5) is 12.7. The van der Waals surface area contributed by atoms with Crippen LogP contribution in [-0.4, -0.2) is 36.8 Å². The first kappa shape index (κ1) is 19.5. The van der Waals surface area contributed by atoms with Gasteiger partial charge in [0.1, 0.15) is 10.7 Å². The van der Waals surface area contributed by atoms with Crippen molar-refractivity contribution >= 4 is 15.9 Å². The average Bonchev–Trinajstić information content (AvgIpc) is 3.09. The van der Waals surface area contributed by atoms with Crippen molar-refractivity contribution in [1.82, 2.24) is 9.62 Å². The van der Waals surface area contributed by atoms with Crippen LogP contribution in [-0.2, 0) is 14.8 Å². The summed E-state index contributed by atoms with van der Waals surface area (Å²) >= 11 is 0. The second-order valence-electron chi connectivity index (χ2n) is 9.79. The summed E-state index contributed by atoms with van der Waals surface area (Å²) in [5.41, 5.74) is -0.0698. The molecular weight excluding hydrogens is 391 g/mol. The fraction of sp³-hybridized carbons (Fsp3) is 0.682. The number of amides is 1. The van der Waals surface area contributed by atoms with Gasteiger partial charge in [-0.3, -0.25) is 4.79 Å². The zero-order valence-electron chi connectivity index (χ0n) is 16.6. The number of carbonyl (C=O) groups excluding carboxylic acids is 1. The normalized spacial score (nSPS) is 36.4. The van der Waals surface area contributed by atoms with Gasteiger partial charge in [0.15, 0.2) is 0 Å². The molecule has 1 atom stereocenters. The maximum Gasteiger partial charge on any atom is 0.246 e. The van der Waals surface area contributed by atoms with Crippen LogP contribution >= 0.6 is 0 Å². The molecule has 4 bridgehead atoms. The number of sulfonamides is 1. The Morgan fingerprint density at radius 2 is 1.72 bits per heavy atom. The molecule has 1 aromatic carbocycles. The molecule has 0 aromatic heterocycles. The van der Waals surface area contributed by atoms with Crippen molar-refractivity contribution in [3.63, 3.8) is 0 Å². The summed E-state index contributed by atoms with van der Waals surface area (Å²) in [6.07, 6.45) is 8.66. The van der Waals surface area contributed by atoms with Crippen molar-refractivity contribution in [1.29, 1.82) is 0 Å². The second kappa shape index (κ2) is 7.05. The predicted octanol–water partition coefficient (Wildman–Crippen LogP) is 3.45. The molecule has 1 saturated heterocycles. The quantitative estimate of drug-likeness (QED) is 0.793. The molecule has 5 nitrogen and oxygen atoms in total. The van der Waals surface area contributed by atoms with Crippen LogP contribution in [0.4, 0.5) is 4.39 Å². The Hall–Kier alpha value is -1.47. The SMILES string of the molecule is O=C(CC1CCCN1S(=O)(=O)c1ccccc1F)NC12CC3C[C@H](C1)C[C@@H](C3)C2. The summed E-state index contributed by atoms with van der Waals surface area (Å²) in [5.74, 6) is 1.44. The lowest BCUT2D eigenvalue weighted by molar-refractivity contribution is -0.127. The number of benzene rings is 1. The minimum Gasteiger partial charge on any atom is -0.351 e. The number of rotatable bonds is 5. The Morgan fingerprint density at radius 3 is 2.34 bits per heavy atom. The molecule has 1 N–H and O–H groups in total. The van der Waals surface area contributed by atoms with Crippen molar-refractivity contribution in [3.8, 4) is 0 Å². The second-order valence-corrected chi connectivity index (χ2v) is 11.7. The van der Waals surface area contributed by atoms with Crippen molar-refractivity contribution in [2.75, 3.05) is 6.54 Å². The molecule has 1 aromatic rings. The van der Waals surface area contributed by atoms with Crippen LogP contribution in [0.3, 0.4) is 0 Å². The van der Waals surface area contributed by atoms with Gasteiger partial charge < -0.3 is 5.32 Å². The minimum atomic E-state index is -3.94. The molecule has 1 unspecified atom stereocenters. The molecule has 5 fully saturated rings. The minimum absolute atomic E-state index is 0.0485. The van der Waals surface area contributed by atoms with Gasteiger partial charge in [0.2, 0.25) is 15.9 Å². The summed E-state index contributed by atoms with van der Waals surface area (Å²) in [6, 6.07) is 5.08. The van der Waals surface area contributed by atoms with E-state index in [0.717, 1.165) is 43.1 Å². The Labute approximate surface area is 172 Å². The fourth-order valence-corrected chi connectivity index (χ4v) is 8.69. The van der Waals surface area contributed by atoms with E-state index in [-0.39, 0.29) is 22.8 Å². The maximum absolute atomic E-state index is 14.1. The van der Waals surface area contributed by atoms with Gasteiger partial charge in [-0.15, -0.1) is 0 Å². The molecule has 1 aliphatic heterocycles. The van der Waals surface area contributed by atoms with E-state index < -0.39 is 21.9 Å². The molecule has 7 heteroatoms. The highest BCUT2D eigenvalue weighted by Crippen LogP contribution is 2.55. The van der Waals surface area contributed by atoms with Gasteiger partial charge in [0.25, 0.3) is 0 Å². The number of nitrogens with zero attached hydrogens (tertiary/aromatic N) is 1. The molecule has 29 heavy (non-hydrogen) atoms. The van der Waals surface area contributed by atoms with Crippen molar-refractivity contribution in [2.24, 2.45) is 17.8 Å². The topological polar surface area (TPSA) is 66.5 Å². The zero-order chi connectivity index (χ0) is 20.2. The maximum atomic E-state index is 14.1. The number of hydrogen-bond acceptors (Lipinski definition) is 3. The molecule has 4 saturated carbocycles. The van der Waals surface area contributed by atoms with Gasteiger partial charge in [-0.2, -0.15) is 4.31 Å². The first-order chi connectivity index (χ1) is 13.8. The van der Waals surface area contributed by atoms with Gasteiger partial charge in [-0.05, 0) is 81.3 Å². The van der Waals surface area contributed by atoms with E-state index in [2.05, 4.69) is 5.32 Å². The summed E-state index contributed by atoms with van der Waals surface area (Å²) < 4.78 is 41.5. The average molecular weight is 421 g/mol. The molecular formula is C22H29FN2O3S. The van der Waals surface area contributed by atoms with E-state index in [1.165, 1.54) is 41.8 Å². The summed E-state index contributed by atoms with van der Waals surface area (Å²) in [7, 11) is -3.94. The van der Waals surface area contributed by atoms with Crippen LogP contribution < -0.4 is 5.32 Å². The third-order valence-electron chi connectivity index (χ3n) is 7.61. The largest absolute Gasteiger partial charge is 0.351 e. The smallest absolute Gasteiger partial charge is 0.246 e. The van der Waals surface area contributed by atoms with Crippen LogP contribution in [0, 0.1) is 23.6 Å². The van der Waals surface area contributed by atoms with Crippen LogP contribution in [0.2, 0.25) is 0 Å². The van der Waals surface area contributed by atoms with Crippen molar-refractivity contribution in [3.05, 3.63) is 30.1 Å². The lowest BCUT2D eigenvalue weighted by Gasteiger charge is -2.57. The van der Waals surface area contributed by atoms with E-state index in [9.17, 15) is 17.6 Å². The molecule has 4 aliphatic carbocycles. The third kappa shape index (κ3) is 3.50. The molecule has 6 rings (SSSR count). The van der Waals surface area contributed by atoms with Crippen molar-refractivity contribution < 1.29 is 17.6 Å². The standard InChI is InChI=1S/C22H29FN2O3S/c23-19-5-1-2-6-20(19)29(27,28)25-7-3-4-18(25)11-21(26)24-22-12-15-8-16(13-22)10-17(9-15)14-22/h1-2,5-6,15-18H,3-4,7-14H2,(H,24,26)/t15-,16+,17?,18?,22?. The van der Waals surface area contributed by atoms with E-state index in [0.29, 0.717) is 19.4 Å². The lowest BCUT2D eigenvalue weighted by atomic mass is 9.53. The number of halogens is 1.